The zero-order valence-corrected chi connectivity index (χ0v) is 19.6. The molecule has 2 rings (SSSR count). The van der Waals surface area contributed by atoms with Gasteiger partial charge in [-0.1, -0.05) is 32.0 Å². The first kappa shape index (κ1) is 24.4. The van der Waals surface area contributed by atoms with Gasteiger partial charge in [-0.05, 0) is 38.3 Å². The Morgan fingerprint density at radius 2 is 1.93 bits per heavy atom. The molecule has 0 amide bonds. The highest BCUT2D eigenvalue weighted by Crippen LogP contribution is 2.18. The number of aromatic nitrogens is 1. The van der Waals surface area contributed by atoms with Gasteiger partial charge in [-0.3, -0.25) is 0 Å². The van der Waals surface area contributed by atoms with Crippen molar-refractivity contribution in [3.8, 4) is 11.5 Å². The summed E-state index contributed by atoms with van der Waals surface area (Å²) in [6.45, 7) is 11.3. The minimum atomic E-state index is 0. The zero-order valence-electron chi connectivity index (χ0n) is 17.3. The van der Waals surface area contributed by atoms with E-state index in [2.05, 4.69) is 41.4 Å². The lowest BCUT2D eigenvalue weighted by Gasteiger charge is -2.21. The first-order valence-corrected chi connectivity index (χ1v) is 9.77. The van der Waals surface area contributed by atoms with E-state index in [0.717, 1.165) is 43.3 Å². The van der Waals surface area contributed by atoms with Crippen molar-refractivity contribution in [2.45, 2.75) is 46.8 Å². The molecular weight excluding hydrogens is 467 g/mol. The van der Waals surface area contributed by atoms with Gasteiger partial charge in [0.05, 0.1) is 12.6 Å². The normalized spacial score (nSPS) is 12.5. The highest BCUT2D eigenvalue weighted by Gasteiger charge is 2.13. The van der Waals surface area contributed by atoms with E-state index in [4.69, 9.17) is 9.15 Å². The SMILES string of the molecule is CCNC(=NCc1coc(-c2ccccc2)n1)NCCC(OCC)C(C)C.I. The first-order valence-electron chi connectivity index (χ1n) is 9.77. The summed E-state index contributed by atoms with van der Waals surface area (Å²) in [5, 5.41) is 6.64. The quantitative estimate of drug-likeness (QED) is 0.286. The molecule has 0 fully saturated rings. The molecule has 1 aromatic carbocycles. The van der Waals surface area contributed by atoms with E-state index in [0.29, 0.717) is 18.4 Å². The first-order chi connectivity index (χ1) is 13.1. The molecule has 1 heterocycles. The van der Waals surface area contributed by atoms with Crippen LogP contribution in [0.1, 0.15) is 39.8 Å². The Balaban J connectivity index is 0.00000392. The second-order valence-electron chi connectivity index (χ2n) is 6.66. The summed E-state index contributed by atoms with van der Waals surface area (Å²) in [4.78, 5) is 9.13. The van der Waals surface area contributed by atoms with E-state index in [1.165, 1.54) is 0 Å². The third-order valence-electron chi connectivity index (χ3n) is 4.16. The molecule has 2 aromatic rings. The number of hydrogen-bond donors (Lipinski definition) is 2. The lowest BCUT2D eigenvalue weighted by Crippen LogP contribution is -2.39. The van der Waals surface area contributed by atoms with Crippen molar-refractivity contribution in [1.82, 2.24) is 15.6 Å². The molecule has 6 nitrogen and oxygen atoms in total. The fraction of sp³-hybridized carbons (Fsp3) is 0.524. The summed E-state index contributed by atoms with van der Waals surface area (Å²) in [5.41, 5.74) is 1.77. The minimum Gasteiger partial charge on any atom is -0.444 e. The Hall–Kier alpha value is -1.61. The van der Waals surface area contributed by atoms with Gasteiger partial charge in [0.1, 0.15) is 12.0 Å². The largest absolute Gasteiger partial charge is 0.444 e. The summed E-state index contributed by atoms with van der Waals surface area (Å²) in [6, 6.07) is 9.87. The molecule has 1 aromatic heterocycles. The number of ether oxygens (including phenoxy) is 1. The number of nitrogens with zero attached hydrogens (tertiary/aromatic N) is 2. The fourth-order valence-corrected chi connectivity index (χ4v) is 2.75. The van der Waals surface area contributed by atoms with Gasteiger partial charge < -0.3 is 19.8 Å². The highest BCUT2D eigenvalue weighted by molar-refractivity contribution is 14.0. The summed E-state index contributed by atoms with van der Waals surface area (Å²) >= 11 is 0. The van der Waals surface area contributed by atoms with Gasteiger partial charge in [0.2, 0.25) is 5.89 Å². The van der Waals surface area contributed by atoms with Crippen LogP contribution >= 0.6 is 24.0 Å². The Morgan fingerprint density at radius 3 is 2.57 bits per heavy atom. The molecule has 0 saturated heterocycles. The second-order valence-corrected chi connectivity index (χ2v) is 6.66. The summed E-state index contributed by atoms with van der Waals surface area (Å²) in [7, 11) is 0. The summed E-state index contributed by atoms with van der Waals surface area (Å²) < 4.78 is 11.4. The van der Waals surface area contributed by atoms with Gasteiger partial charge in [-0.15, -0.1) is 24.0 Å². The van der Waals surface area contributed by atoms with Crippen LogP contribution in [0.3, 0.4) is 0 Å². The standard InChI is InChI=1S/C21H32N4O2.HI/c1-5-22-21(23-13-12-19(16(3)4)26-6-2)24-14-18-15-27-20(25-18)17-10-8-7-9-11-17;/h7-11,15-16,19H,5-6,12-14H2,1-4H3,(H2,22,23,24);1H. The molecule has 0 aliphatic heterocycles. The Kier molecular flexibility index (Phi) is 11.8. The van der Waals surface area contributed by atoms with Crippen molar-refractivity contribution >= 4 is 29.9 Å². The zero-order chi connectivity index (χ0) is 19.5. The molecule has 7 heteroatoms. The van der Waals surface area contributed by atoms with Crippen molar-refractivity contribution in [1.29, 1.82) is 0 Å². The fourth-order valence-electron chi connectivity index (χ4n) is 2.75. The van der Waals surface area contributed by atoms with E-state index >= 15 is 0 Å². The topological polar surface area (TPSA) is 71.7 Å². The van der Waals surface area contributed by atoms with Crippen molar-refractivity contribution in [3.63, 3.8) is 0 Å². The number of nitrogens with one attached hydrogen (secondary N) is 2. The molecule has 0 aliphatic rings. The average Bonchev–Trinajstić information content (AvgIpc) is 3.15. The number of halogens is 1. The number of benzene rings is 1. The summed E-state index contributed by atoms with van der Waals surface area (Å²) in [5.74, 6) is 1.90. The molecule has 28 heavy (non-hydrogen) atoms. The van der Waals surface area contributed by atoms with Crippen LogP contribution in [0.4, 0.5) is 0 Å². The van der Waals surface area contributed by atoms with Gasteiger partial charge in [0, 0.05) is 25.3 Å². The highest BCUT2D eigenvalue weighted by atomic mass is 127. The average molecular weight is 500 g/mol. The second kappa shape index (κ2) is 13.5. The van der Waals surface area contributed by atoms with Crippen molar-refractivity contribution < 1.29 is 9.15 Å². The third-order valence-corrected chi connectivity index (χ3v) is 4.16. The van der Waals surface area contributed by atoms with Crippen LogP contribution in [-0.4, -0.2) is 36.7 Å². The lowest BCUT2D eigenvalue weighted by molar-refractivity contribution is 0.0258. The molecule has 2 N–H and O–H groups in total. The summed E-state index contributed by atoms with van der Waals surface area (Å²) in [6.07, 6.45) is 2.87. The maximum Gasteiger partial charge on any atom is 0.226 e. The van der Waals surface area contributed by atoms with Crippen molar-refractivity contribution in [2.75, 3.05) is 19.7 Å². The van der Waals surface area contributed by atoms with Crippen LogP contribution in [0.2, 0.25) is 0 Å². The van der Waals surface area contributed by atoms with E-state index < -0.39 is 0 Å². The Morgan fingerprint density at radius 1 is 1.18 bits per heavy atom. The van der Waals surface area contributed by atoms with Crippen LogP contribution in [-0.2, 0) is 11.3 Å². The molecule has 0 spiro atoms. The number of guanidine groups is 1. The van der Waals surface area contributed by atoms with Crippen molar-refractivity contribution in [3.05, 3.63) is 42.3 Å². The molecule has 156 valence electrons. The predicted molar refractivity (Wildman–Crippen MR) is 125 cm³/mol. The number of rotatable bonds is 10. The van der Waals surface area contributed by atoms with E-state index in [9.17, 15) is 0 Å². The third kappa shape index (κ3) is 8.18. The van der Waals surface area contributed by atoms with Crippen molar-refractivity contribution in [2.24, 2.45) is 10.9 Å². The van der Waals surface area contributed by atoms with Crippen LogP contribution in [0.15, 0.2) is 46.0 Å². The molecular formula is C21H33IN4O2. The molecule has 0 radical (unpaired) electrons. The maximum absolute atomic E-state index is 5.80. The van der Waals surface area contributed by atoms with Gasteiger partial charge in [-0.25, -0.2) is 9.98 Å². The number of oxazole rings is 1. The lowest BCUT2D eigenvalue weighted by atomic mass is 10.0. The molecule has 0 aliphatic carbocycles. The van der Waals surface area contributed by atoms with E-state index in [1.807, 2.05) is 37.3 Å². The van der Waals surface area contributed by atoms with Gasteiger partial charge >= 0.3 is 0 Å². The number of hydrogen-bond acceptors (Lipinski definition) is 4. The van der Waals surface area contributed by atoms with Crippen LogP contribution < -0.4 is 10.6 Å². The van der Waals surface area contributed by atoms with Crippen LogP contribution in [0, 0.1) is 5.92 Å². The molecule has 0 bridgehead atoms. The van der Waals surface area contributed by atoms with Crippen LogP contribution in [0.25, 0.3) is 11.5 Å². The molecule has 1 atom stereocenters. The minimum absolute atomic E-state index is 0. The molecule has 0 saturated carbocycles. The Bertz CT molecular complexity index is 689. The maximum atomic E-state index is 5.80. The van der Waals surface area contributed by atoms with Gasteiger partial charge in [-0.2, -0.15) is 0 Å². The predicted octanol–water partition coefficient (Wildman–Crippen LogP) is 4.47. The van der Waals surface area contributed by atoms with Gasteiger partial charge in [0.15, 0.2) is 5.96 Å². The van der Waals surface area contributed by atoms with Gasteiger partial charge in [0.25, 0.3) is 0 Å². The molecule has 1 unspecified atom stereocenters. The Labute approximate surface area is 185 Å². The van der Waals surface area contributed by atoms with E-state index in [-0.39, 0.29) is 30.1 Å². The van der Waals surface area contributed by atoms with E-state index in [1.54, 1.807) is 6.26 Å². The van der Waals surface area contributed by atoms with Crippen LogP contribution in [0.5, 0.6) is 0 Å². The smallest absolute Gasteiger partial charge is 0.226 e. The number of aliphatic imine (C=N–C) groups is 1. The monoisotopic (exact) mass is 500 g/mol.